The largest absolute Gasteiger partial charge is 0.467 e. The van der Waals surface area contributed by atoms with Crippen LogP contribution in [0.15, 0.2) is 54.6 Å². The normalized spacial score (nSPS) is 23.7. The molecule has 0 bridgehead atoms. The number of likely N-dealkylation sites (tertiary alicyclic amines) is 1. The van der Waals surface area contributed by atoms with E-state index < -0.39 is 11.3 Å². The summed E-state index contributed by atoms with van der Waals surface area (Å²) < 4.78 is 5.25. The van der Waals surface area contributed by atoms with E-state index in [9.17, 15) is 19.2 Å². The average molecular weight is 637 g/mol. The molecule has 244 valence electrons. The molecular weight excluding hydrogens is 588 g/mol. The highest BCUT2D eigenvalue weighted by molar-refractivity contribution is 8.01. The highest BCUT2D eigenvalue weighted by Crippen LogP contribution is 2.47. The van der Waals surface area contributed by atoms with Gasteiger partial charge in [0, 0.05) is 40.6 Å². The number of benzene rings is 2. The maximum atomic E-state index is 14.1. The van der Waals surface area contributed by atoms with Crippen LogP contribution in [0.4, 0.5) is 10.5 Å². The number of hydrogen-bond donors (Lipinski definition) is 1. The Morgan fingerprint density at radius 3 is 2.40 bits per heavy atom. The lowest BCUT2D eigenvalue weighted by molar-refractivity contribution is -0.154. The highest BCUT2D eigenvalue weighted by Gasteiger charge is 2.48. The summed E-state index contributed by atoms with van der Waals surface area (Å²) in [6.07, 6.45) is 8.49. The number of fused-ring (bicyclic) bond motifs is 1. The van der Waals surface area contributed by atoms with E-state index in [1.165, 1.54) is 25.3 Å². The molecule has 2 aromatic carbocycles. The number of methoxy groups -OCH3 is 1. The molecule has 0 aromatic heterocycles. The Balaban J connectivity index is 0.00000250. The molecule has 9 nitrogen and oxygen atoms in total. The molecule has 2 aromatic rings. The predicted octanol–water partition coefficient (Wildman–Crippen LogP) is 6.10. The number of thioether (sulfide) groups is 1. The van der Waals surface area contributed by atoms with E-state index in [4.69, 9.17) is 4.74 Å². The van der Waals surface area contributed by atoms with Crippen molar-refractivity contribution >= 4 is 41.3 Å². The van der Waals surface area contributed by atoms with Crippen molar-refractivity contribution in [1.82, 2.24) is 14.7 Å². The Morgan fingerprint density at radius 2 is 1.67 bits per heavy atom. The van der Waals surface area contributed by atoms with E-state index >= 15 is 0 Å². The van der Waals surface area contributed by atoms with Crippen molar-refractivity contribution in [1.29, 1.82) is 0 Å². The van der Waals surface area contributed by atoms with Crippen molar-refractivity contribution in [2.24, 2.45) is 5.92 Å². The third-order valence-electron chi connectivity index (χ3n) is 10.0. The maximum absolute atomic E-state index is 14.1. The molecule has 3 heterocycles. The van der Waals surface area contributed by atoms with Gasteiger partial charge in [-0.3, -0.25) is 9.59 Å². The minimum Gasteiger partial charge on any atom is -0.467 e. The summed E-state index contributed by atoms with van der Waals surface area (Å²) in [5, 5.41) is 2.12. The molecule has 0 spiro atoms. The molecule has 1 N–H and O–H groups in total. The number of esters is 1. The first-order chi connectivity index (χ1) is 21.9. The molecule has 2 unspecified atom stereocenters. The van der Waals surface area contributed by atoms with Crippen molar-refractivity contribution in [2.75, 3.05) is 32.1 Å². The summed E-state index contributed by atoms with van der Waals surface area (Å²) in [5.74, 6) is -0.226. The number of anilines is 1. The van der Waals surface area contributed by atoms with Gasteiger partial charge in [-0.1, -0.05) is 80.6 Å². The second kappa shape index (κ2) is 14.3. The van der Waals surface area contributed by atoms with Gasteiger partial charge >= 0.3 is 12.0 Å². The van der Waals surface area contributed by atoms with E-state index in [-0.39, 0.29) is 44.5 Å². The summed E-state index contributed by atoms with van der Waals surface area (Å²) in [4.78, 5) is 59.5. The number of amides is 4. The van der Waals surface area contributed by atoms with E-state index in [1.54, 1.807) is 4.90 Å². The number of urea groups is 1. The molecule has 10 heteroatoms. The number of para-hydroxylation sites is 1. The summed E-state index contributed by atoms with van der Waals surface area (Å²) in [6.45, 7) is 1.74. The molecule has 3 aliphatic heterocycles. The highest BCUT2D eigenvalue weighted by atomic mass is 32.2. The minimum atomic E-state index is -0.676. The van der Waals surface area contributed by atoms with Crippen LogP contribution in [0.5, 0.6) is 0 Å². The van der Waals surface area contributed by atoms with Crippen LogP contribution >= 0.6 is 11.8 Å². The quantitative estimate of drug-likeness (QED) is 0.352. The van der Waals surface area contributed by atoms with Gasteiger partial charge in [-0.25, -0.2) is 9.59 Å². The van der Waals surface area contributed by atoms with Gasteiger partial charge in [0.2, 0.25) is 11.8 Å². The fourth-order valence-electron chi connectivity index (χ4n) is 7.52. The first-order valence-electron chi connectivity index (χ1n) is 16.5. The zero-order chi connectivity index (χ0) is 31.3. The number of carbonyl (C=O) groups excluding carboxylic acids is 4. The number of piperidine rings is 1. The van der Waals surface area contributed by atoms with Crippen LogP contribution in [-0.2, 0) is 25.5 Å². The molecule has 0 radical (unpaired) electrons. The third-order valence-corrected chi connectivity index (χ3v) is 11.5. The molecule has 4 amide bonds. The van der Waals surface area contributed by atoms with Crippen LogP contribution in [0.25, 0.3) is 0 Å². The standard InChI is InChI=1S/C35H44N4O5S.2H2/c1-44-34(42)29(22-24-10-4-2-5-11-24)39-32(41)30(45-33(39)26-13-6-3-7-14-26)23-31(40)37-19-17-27(18-20-37)38-21-16-25-12-8-9-15-28(25)36-35(38)43;;/h3,6-9,12-15,24,27,29-30,33H,2,4-5,10-11,16-23H2,1H3,(H,36,43);2*1H/t29-,30?,33?;;/m0../s1. The third kappa shape index (κ3) is 7.00. The second-order valence-corrected chi connectivity index (χ2v) is 14.0. The summed E-state index contributed by atoms with van der Waals surface area (Å²) >= 11 is 1.47. The molecule has 4 aliphatic rings. The maximum Gasteiger partial charge on any atom is 0.328 e. The lowest BCUT2D eigenvalue weighted by atomic mass is 9.84. The van der Waals surface area contributed by atoms with E-state index in [0.717, 1.165) is 48.9 Å². The van der Waals surface area contributed by atoms with Gasteiger partial charge < -0.3 is 24.8 Å². The fraction of sp³-hybridized carbons (Fsp3) is 0.543. The van der Waals surface area contributed by atoms with Crippen LogP contribution in [0.3, 0.4) is 0 Å². The van der Waals surface area contributed by atoms with E-state index in [2.05, 4.69) is 11.4 Å². The zero-order valence-electron chi connectivity index (χ0n) is 26.1. The molecule has 6 rings (SSSR count). The van der Waals surface area contributed by atoms with Gasteiger partial charge in [-0.15, -0.1) is 11.8 Å². The Kier molecular flexibility index (Phi) is 9.97. The topological polar surface area (TPSA) is 99.3 Å². The number of carbonyl (C=O) groups is 4. The minimum absolute atomic E-state index is 0. The number of rotatable bonds is 8. The Morgan fingerprint density at radius 1 is 0.956 bits per heavy atom. The van der Waals surface area contributed by atoms with Crippen molar-refractivity contribution in [3.63, 3.8) is 0 Å². The Bertz CT molecular complexity index is 1390. The second-order valence-electron chi connectivity index (χ2n) is 12.8. The predicted molar refractivity (Wildman–Crippen MR) is 179 cm³/mol. The number of hydrogen-bond acceptors (Lipinski definition) is 6. The van der Waals surface area contributed by atoms with E-state index in [0.29, 0.717) is 44.8 Å². The lowest BCUT2D eigenvalue weighted by Crippen LogP contribution is -2.50. The zero-order valence-corrected chi connectivity index (χ0v) is 26.9. The first kappa shape index (κ1) is 31.5. The van der Waals surface area contributed by atoms with Crippen molar-refractivity contribution < 1.29 is 26.8 Å². The Hall–Kier alpha value is -3.53. The van der Waals surface area contributed by atoms with Gasteiger partial charge in [0.15, 0.2) is 0 Å². The molecule has 3 fully saturated rings. The SMILES string of the molecule is COC(=O)[C@H](CC1CCCCC1)N1C(=O)C(CC(=O)N2CCC(N3CCc4ccccc4NC3=O)CC2)SC1c1ccccc1.[HH].[HH]. The summed E-state index contributed by atoms with van der Waals surface area (Å²) in [7, 11) is 1.39. The van der Waals surface area contributed by atoms with Gasteiger partial charge in [0.05, 0.1) is 12.4 Å². The number of nitrogens with zero attached hydrogens (tertiary/aromatic N) is 3. The van der Waals surface area contributed by atoms with Crippen molar-refractivity contribution in [3.8, 4) is 0 Å². The van der Waals surface area contributed by atoms with Crippen LogP contribution in [-0.4, -0.2) is 82.6 Å². The van der Waals surface area contributed by atoms with Crippen molar-refractivity contribution in [2.45, 2.75) is 86.9 Å². The monoisotopic (exact) mass is 636 g/mol. The Labute approximate surface area is 273 Å². The molecule has 2 saturated heterocycles. The molecule has 45 heavy (non-hydrogen) atoms. The van der Waals surface area contributed by atoms with Gasteiger partial charge in [0.1, 0.15) is 11.4 Å². The van der Waals surface area contributed by atoms with Crippen molar-refractivity contribution in [3.05, 3.63) is 65.7 Å². The lowest BCUT2D eigenvalue weighted by Gasteiger charge is -2.38. The van der Waals surface area contributed by atoms with E-state index in [1.807, 2.05) is 58.3 Å². The molecule has 1 saturated carbocycles. The van der Waals surface area contributed by atoms with Gasteiger partial charge in [0.25, 0.3) is 0 Å². The van der Waals surface area contributed by atoms with Crippen LogP contribution in [0.2, 0.25) is 0 Å². The molecule has 1 aliphatic carbocycles. The number of ether oxygens (including phenoxy) is 1. The smallest absolute Gasteiger partial charge is 0.328 e. The van der Waals surface area contributed by atoms with Crippen LogP contribution in [0, 0.1) is 5.92 Å². The fourth-order valence-corrected chi connectivity index (χ4v) is 9.01. The van der Waals surface area contributed by atoms with Crippen LogP contribution in [0.1, 0.15) is 77.1 Å². The van der Waals surface area contributed by atoms with Crippen LogP contribution < -0.4 is 5.32 Å². The van der Waals surface area contributed by atoms with Gasteiger partial charge in [-0.05, 0) is 48.8 Å². The first-order valence-corrected chi connectivity index (χ1v) is 17.4. The average Bonchev–Trinajstić information content (AvgIpc) is 3.29. The van der Waals surface area contributed by atoms with Gasteiger partial charge in [-0.2, -0.15) is 0 Å². The molecular formula is C35H48N4O5S. The summed E-state index contributed by atoms with van der Waals surface area (Å²) in [6, 6.07) is 17.0. The number of nitrogens with one attached hydrogen (secondary N) is 1. The molecule has 3 atom stereocenters. The summed E-state index contributed by atoms with van der Waals surface area (Å²) in [5.41, 5.74) is 2.95.